The third-order valence-electron chi connectivity index (χ3n) is 4.63. The van der Waals surface area contributed by atoms with Crippen LogP contribution in [0.5, 0.6) is 0 Å². The van der Waals surface area contributed by atoms with Crippen LogP contribution in [0.2, 0.25) is 0 Å². The first kappa shape index (κ1) is 20.2. The van der Waals surface area contributed by atoms with E-state index in [1.165, 1.54) is 30.4 Å². The Labute approximate surface area is 157 Å². The van der Waals surface area contributed by atoms with Gasteiger partial charge in [0.2, 0.25) is 0 Å². The highest BCUT2D eigenvalue weighted by Crippen LogP contribution is 2.25. The maximum absolute atomic E-state index is 5.99. The molecule has 3 N–H and O–H groups in total. The minimum Gasteiger partial charge on any atom is -0.370 e. The molecule has 5 heteroatoms. The molecule has 0 saturated heterocycles. The summed E-state index contributed by atoms with van der Waals surface area (Å²) < 4.78 is 0. The summed E-state index contributed by atoms with van der Waals surface area (Å²) in [5.41, 5.74) is 8.65. The fourth-order valence-corrected chi connectivity index (χ4v) is 2.73. The minimum absolute atomic E-state index is 0. The Bertz CT molecular complexity index is 480. The number of hydrogen-bond donors (Lipinski definition) is 2. The number of nitrogens with zero attached hydrogens (tertiary/aromatic N) is 2. The van der Waals surface area contributed by atoms with Crippen molar-refractivity contribution in [2.24, 2.45) is 16.6 Å². The Morgan fingerprint density at radius 3 is 2.43 bits per heavy atom. The summed E-state index contributed by atoms with van der Waals surface area (Å²) in [6.45, 7) is 3.83. The highest BCUT2D eigenvalue weighted by molar-refractivity contribution is 14.0. The molecule has 1 atom stereocenters. The number of benzene rings is 1. The fourth-order valence-electron chi connectivity index (χ4n) is 2.73. The van der Waals surface area contributed by atoms with Gasteiger partial charge in [0, 0.05) is 6.54 Å². The molecule has 1 saturated carbocycles. The molecule has 0 bridgehead atoms. The SMILES string of the molecule is CCc1ccc(C(CN=C(N)NCC2CCC2)N(C)C)cc1.I. The van der Waals surface area contributed by atoms with Crippen LogP contribution in [0.1, 0.15) is 43.4 Å². The first-order chi connectivity index (χ1) is 10.6. The van der Waals surface area contributed by atoms with E-state index >= 15 is 0 Å². The first-order valence-electron chi connectivity index (χ1n) is 8.39. The normalized spacial score (nSPS) is 16.6. The topological polar surface area (TPSA) is 53.6 Å². The van der Waals surface area contributed by atoms with Crippen molar-refractivity contribution in [1.29, 1.82) is 0 Å². The van der Waals surface area contributed by atoms with E-state index in [4.69, 9.17) is 5.73 Å². The molecule has 2 rings (SSSR count). The zero-order chi connectivity index (χ0) is 15.9. The van der Waals surface area contributed by atoms with E-state index in [1.807, 2.05) is 0 Å². The molecule has 130 valence electrons. The summed E-state index contributed by atoms with van der Waals surface area (Å²) in [5.74, 6) is 1.36. The second kappa shape index (κ2) is 10.1. The van der Waals surface area contributed by atoms with Crippen LogP contribution in [0.4, 0.5) is 0 Å². The molecule has 0 aromatic heterocycles. The molecule has 0 aliphatic heterocycles. The quantitative estimate of drug-likeness (QED) is 0.397. The molecule has 1 unspecified atom stereocenters. The standard InChI is InChI=1S/C18H30N4.HI/c1-4-14-8-10-16(11-9-14)17(22(2)3)13-21-18(19)20-12-15-6-5-7-15;/h8-11,15,17H,4-7,12-13H2,1-3H3,(H3,19,20,21);1H. The number of nitrogens with one attached hydrogen (secondary N) is 1. The van der Waals surface area contributed by atoms with Crippen molar-refractivity contribution in [3.63, 3.8) is 0 Å². The number of likely N-dealkylation sites (N-methyl/N-ethyl adjacent to an activating group) is 1. The summed E-state index contributed by atoms with van der Waals surface area (Å²) in [6, 6.07) is 9.07. The second-order valence-corrected chi connectivity index (χ2v) is 6.48. The van der Waals surface area contributed by atoms with Gasteiger partial charge < -0.3 is 16.0 Å². The van der Waals surface area contributed by atoms with Crippen molar-refractivity contribution in [1.82, 2.24) is 10.2 Å². The van der Waals surface area contributed by atoms with E-state index < -0.39 is 0 Å². The number of guanidine groups is 1. The third-order valence-corrected chi connectivity index (χ3v) is 4.63. The zero-order valence-corrected chi connectivity index (χ0v) is 16.9. The summed E-state index contributed by atoms with van der Waals surface area (Å²) in [7, 11) is 4.18. The smallest absolute Gasteiger partial charge is 0.188 e. The van der Waals surface area contributed by atoms with Gasteiger partial charge in [-0.25, -0.2) is 0 Å². The van der Waals surface area contributed by atoms with Crippen LogP contribution in [0.25, 0.3) is 0 Å². The van der Waals surface area contributed by atoms with Crippen molar-refractivity contribution < 1.29 is 0 Å². The number of nitrogens with two attached hydrogens (primary N) is 1. The van der Waals surface area contributed by atoms with E-state index in [0.717, 1.165) is 18.9 Å². The van der Waals surface area contributed by atoms with Gasteiger partial charge in [0.05, 0.1) is 12.6 Å². The molecular weight excluding hydrogens is 399 g/mol. The average Bonchev–Trinajstić information content (AvgIpc) is 2.46. The molecule has 1 aliphatic carbocycles. The van der Waals surface area contributed by atoms with E-state index in [0.29, 0.717) is 12.5 Å². The van der Waals surface area contributed by atoms with Crippen molar-refractivity contribution >= 4 is 29.9 Å². The van der Waals surface area contributed by atoms with Crippen LogP contribution in [0, 0.1) is 5.92 Å². The van der Waals surface area contributed by atoms with Gasteiger partial charge in [-0.3, -0.25) is 4.99 Å². The Morgan fingerprint density at radius 2 is 1.96 bits per heavy atom. The largest absolute Gasteiger partial charge is 0.370 e. The van der Waals surface area contributed by atoms with Crippen LogP contribution in [0.3, 0.4) is 0 Å². The van der Waals surface area contributed by atoms with Crippen LogP contribution in [-0.4, -0.2) is 38.0 Å². The summed E-state index contributed by atoms with van der Waals surface area (Å²) >= 11 is 0. The summed E-state index contributed by atoms with van der Waals surface area (Å²) in [5, 5.41) is 3.26. The van der Waals surface area contributed by atoms with Crippen molar-refractivity contribution in [3.05, 3.63) is 35.4 Å². The van der Waals surface area contributed by atoms with Gasteiger partial charge in [-0.2, -0.15) is 0 Å². The van der Waals surface area contributed by atoms with Gasteiger partial charge in [0.25, 0.3) is 0 Å². The Balaban J connectivity index is 0.00000264. The fraction of sp³-hybridized carbons (Fsp3) is 0.611. The predicted molar refractivity (Wildman–Crippen MR) is 109 cm³/mol. The van der Waals surface area contributed by atoms with Gasteiger partial charge in [-0.15, -0.1) is 24.0 Å². The lowest BCUT2D eigenvalue weighted by Crippen LogP contribution is -2.38. The molecular formula is C18H31IN4. The lowest BCUT2D eigenvalue weighted by atomic mass is 9.85. The van der Waals surface area contributed by atoms with Gasteiger partial charge in [0.1, 0.15) is 0 Å². The number of aryl methyl sites for hydroxylation is 1. The molecule has 1 aromatic carbocycles. The molecule has 0 heterocycles. The third kappa shape index (κ3) is 6.30. The van der Waals surface area contributed by atoms with Gasteiger partial charge in [-0.05, 0) is 50.4 Å². The molecule has 1 fully saturated rings. The van der Waals surface area contributed by atoms with E-state index in [2.05, 4.69) is 60.5 Å². The van der Waals surface area contributed by atoms with Crippen LogP contribution >= 0.6 is 24.0 Å². The van der Waals surface area contributed by atoms with Crippen LogP contribution in [-0.2, 0) is 6.42 Å². The molecule has 0 spiro atoms. The van der Waals surface area contributed by atoms with E-state index in [9.17, 15) is 0 Å². The highest BCUT2D eigenvalue weighted by Gasteiger charge is 2.17. The minimum atomic E-state index is 0. The lowest BCUT2D eigenvalue weighted by Gasteiger charge is -2.26. The number of rotatable bonds is 7. The maximum atomic E-state index is 5.99. The monoisotopic (exact) mass is 430 g/mol. The van der Waals surface area contributed by atoms with Gasteiger partial charge in [0.15, 0.2) is 5.96 Å². The predicted octanol–water partition coefficient (Wildman–Crippen LogP) is 3.17. The number of hydrogen-bond acceptors (Lipinski definition) is 2. The zero-order valence-electron chi connectivity index (χ0n) is 14.6. The van der Waals surface area contributed by atoms with Crippen LogP contribution in [0.15, 0.2) is 29.3 Å². The lowest BCUT2D eigenvalue weighted by molar-refractivity contribution is 0.305. The van der Waals surface area contributed by atoms with Crippen LogP contribution < -0.4 is 11.1 Å². The molecule has 1 aliphatic rings. The molecule has 4 nitrogen and oxygen atoms in total. The Morgan fingerprint density at radius 1 is 1.30 bits per heavy atom. The Kier molecular flexibility index (Phi) is 8.91. The van der Waals surface area contributed by atoms with Crippen molar-refractivity contribution in [2.45, 2.75) is 38.6 Å². The maximum Gasteiger partial charge on any atom is 0.188 e. The second-order valence-electron chi connectivity index (χ2n) is 6.48. The van der Waals surface area contributed by atoms with Crippen molar-refractivity contribution in [3.8, 4) is 0 Å². The van der Waals surface area contributed by atoms with Gasteiger partial charge >= 0.3 is 0 Å². The van der Waals surface area contributed by atoms with E-state index in [-0.39, 0.29) is 30.0 Å². The molecule has 23 heavy (non-hydrogen) atoms. The summed E-state index contributed by atoms with van der Waals surface area (Å²) in [6.07, 6.45) is 5.08. The van der Waals surface area contributed by atoms with Gasteiger partial charge in [-0.1, -0.05) is 37.6 Å². The highest BCUT2D eigenvalue weighted by atomic mass is 127. The first-order valence-corrected chi connectivity index (χ1v) is 8.39. The number of halogens is 1. The summed E-state index contributed by atoms with van der Waals surface area (Å²) in [4.78, 5) is 6.73. The molecule has 1 aromatic rings. The van der Waals surface area contributed by atoms with E-state index in [1.54, 1.807) is 0 Å². The van der Waals surface area contributed by atoms with Crippen molar-refractivity contribution in [2.75, 3.05) is 27.2 Å². The molecule has 0 amide bonds. The number of aliphatic imine (C=N–C) groups is 1. The average molecular weight is 430 g/mol. The Hall–Kier alpha value is -0.820. The molecule has 0 radical (unpaired) electrons.